The Hall–Kier alpha value is 4.15. The maximum atomic E-state index is 5.10. The number of thioether (sulfide) groups is 1. The van der Waals surface area contributed by atoms with Crippen LogP contribution in [0.1, 0.15) is 71.9 Å². The van der Waals surface area contributed by atoms with E-state index in [1.807, 2.05) is 54.2 Å². The minimum atomic E-state index is 0.661. The van der Waals surface area contributed by atoms with Crippen molar-refractivity contribution in [3.8, 4) is 0 Å². The summed E-state index contributed by atoms with van der Waals surface area (Å²) < 4.78 is 10.2. The Kier molecular flexibility index (Phi) is 101. The summed E-state index contributed by atoms with van der Waals surface area (Å²) in [6.07, 6.45) is 7.28. The second kappa shape index (κ2) is 84.4. The lowest BCUT2D eigenvalue weighted by Crippen LogP contribution is -2.07. The van der Waals surface area contributed by atoms with E-state index in [4.69, 9.17) is 9.47 Å². The summed E-state index contributed by atoms with van der Waals surface area (Å²) in [7, 11) is 0. The van der Waals surface area contributed by atoms with Gasteiger partial charge in [-0.2, -0.15) is 239 Å². The van der Waals surface area contributed by atoms with E-state index >= 15 is 0 Å². The van der Waals surface area contributed by atoms with Gasteiger partial charge in [-0.05, 0) is 147 Å². The lowest BCUT2D eigenvalue weighted by molar-refractivity contribution is 0.0606. The predicted molar refractivity (Wildman–Crippen MR) is 429 cm³/mol. The maximum absolute atomic E-state index is 5.10. The molecule has 0 spiro atoms. The van der Waals surface area contributed by atoms with E-state index in [-0.39, 0.29) is 0 Å². The zero-order valence-corrected chi connectivity index (χ0v) is 63.3. The van der Waals surface area contributed by atoms with Gasteiger partial charge in [-0.25, -0.2) is 0 Å². The largest absolute Gasteiger partial charge is 0.378 e. The molecule has 0 bridgehead atoms. The van der Waals surface area contributed by atoms with Crippen LogP contribution in [0.2, 0.25) is 0 Å². The van der Waals surface area contributed by atoms with E-state index in [0.717, 1.165) is 131 Å². The highest BCUT2D eigenvalue weighted by atomic mass is 32.2. The average Bonchev–Trinajstić information content (AvgIpc) is 3.48. The molecule has 0 aromatic heterocycles. The fourth-order valence-corrected chi connectivity index (χ4v) is 8.96. The normalized spacial score (nSPS) is 9.45. The zero-order chi connectivity index (χ0) is 59.3. The fraction of sp³-hybridized carbons (Fsp3) is 0.556. The van der Waals surface area contributed by atoms with Crippen LogP contribution in [-0.2, 0) is 44.0 Å². The van der Waals surface area contributed by atoms with Crippen LogP contribution in [-0.4, -0.2) is 107 Å². The Labute approximate surface area is 586 Å². The molecule has 450 valence electrons. The molecule has 4 aromatic carbocycles. The highest BCUT2D eigenvalue weighted by Crippen LogP contribution is 2.13. The molecule has 0 unspecified atom stereocenters. The van der Waals surface area contributed by atoms with Crippen molar-refractivity contribution in [2.75, 3.05) is 107 Å². The summed E-state index contributed by atoms with van der Waals surface area (Å²) in [6, 6.07) is 32.5. The highest BCUT2D eigenvalue weighted by molar-refractivity contribution is 8.00. The van der Waals surface area contributed by atoms with Crippen molar-refractivity contribution in [1.82, 2.24) is 0 Å². The van der Waals surface area contributed by atoms with Crippen LogP contribution < -0.4 is 0 Å². The van der Waals surface area contributed by atoms with Crippen LogP contribution in [0, 0.1) is 0 Å². The van der Waals surface area contributed by atoms with Gasteiger partial charge in [0, 0.05) is 67.3 Å². The molecule has 2 nitrogen and oxygen atoms in total. The van der Waals surface area contributed by atoms with Crippen LogP contribution >= 0.6 is 264 Å². The third kappa shape index (κ3) is 80.2. The minimum Gasteiger partial charge on any atom is -0.378 e. The summed E-state index contributed by atoms with van der Waals surface area (Å²) in [5, 5.41) is 0. The van der Waals surface area contributed by atoms with Crippen LogP contribution in [0.4, 0.5) is 0 Å². The summed E-state index contributed by atoms with van der Waals surface area (Å²) in [4.78, 5) is 1.95. The number of unbranched alkanes of at least 4 members (excludes halogenated alkanes) is 3. The second-order valence-corrected chi connectivity index (χ2v) is 24.0. The molecular formula is C54H96O2S21. The van der Waals surface area contributed by atoms with Crippen molar-refractivity contribution in [3.05, 3.63) is 130 Å². The zero-order valence-electron chi connectivity index (χ0n) is 44.6. The van der Waals surface area contributed by atoms with Crippen molar-refractivity contribution >= 4 is 264 Å². The molecule has 23 heteroatoms. The van der Waals surface area contributed by atoms with Gasteiger partial charge in [-0.1, -0.05) is 79.2 Å². The van der Waals surface area contributed by atoms with Crippen LogP contribution in [0.25, 0.3) is 0 Å². The Bertz CT molecular complexity index is 1520. The standard InChI is InChI=1S/3C8H10S2.C6H14O2S2.C6H6S2.C5H12S2.C4H10S3.C4H10S2.C3H8S2.C2H6S2/c9-5-7-1-2-8(6-10)4-3-7;9-5-7-2-1-3-8(4-7)6-10;9-5-7-3-1-2-4-8(7)6-10;9-5-3-7-1-2-8-4-6-10;7-5-1-2-6(8)4-3-5;6-4-2-1-3-5-7;5-1-3-7-4-2-6;5-3-1-2-4-6;4-2-1-3-5;3-1-2-4/h3*1-4,9-10H,5-6H2;9-10H,1-6H2;1-4,7-8H;6-7H,1-5H2;5-6H,1-4H2;5-6H,1-4H2;4-5H,1-3H2;3-4H,1-2H2. The molecule has 0 aliphatic heterocycles. The molecule has 0 radical (unpaired) electrons. The lowest BCUT2D eigenvalue weighted by atomic mass is 10.1. The molecule has 0 saturated carbocycles. The number of hydrogen-bond donors (Lipinski definition) is 20. The molecule has 0 N–H and O–H groups in total. The summed E-state index contributed by atoms with van der Waals surface area (Å²) in [6.45, 7) is 2.73. The topological polar surface area (TPSA) is 18.5 Å². The molecule has 0 saturated heterocycles. The van der Waals surface area contributed by atoms with Gasteiger partial charge in [-0.3, -0.25) is 0 Å². The van der Waals surface area contributed by atoms with Gasteiger partial charge in [0.2, 0.25) is 0 Å². The SMILES string of the molecule is SCCCCCS.SCCCCS.SCCCS.SCCOCCOCCS.SCCS.SCCSCCS.SCc1ccc(CS)cc1.SCc1cccc(CS)c1.SCc1ccccc1CS.Sc1ccc(S)cc1. The number of hydrogen-bond acceptors (Lipinski definition) is 23. The summed E-state index contributed by atoms with van der Waals surface area (Å²) in [5.41, 5.74) is 7.59. The van der Waals surface area contributed by atoms with Gasteiger partial charge in [0.15, 0.2) is 0 Å². The van der Waals surface area contributed by atoms with Crippen molar-refractivity contribution in [2.45, 2.75) is 82.8 Å². The van der Waals surface area contributed by atoms with Crippen LogP contribution in [0.3, 0.4) is 0 Å². The number of thiol groups is 20. The van der Waals surface area contributed by atoms with E-state index < -0.39 is 0 Å². The monoisotopic (exact) mass is 1450 g/mol. The molecule has 0 aliphatic rings. The van der Waals surface area contributed by atoms with E-state index in [1.165, 1.54) is 65.5 Å². The third-order valence-electron chi connectivity index (χ3n) is 8.17. The first-order valence-corrected chi connectivity index (χ1v) is 38.2. The minimum absolute atomic E-state index is 0.661. The predicted octanol–water partition coefficient (Wildman–Crippen LogP) is 18.1. The molecule has 0 aliphatic carbocycles. The highest BCUT2D eigenvalue weighted by Gasteiger charge is 1.95. The molecule has 0 amide bonds. The third-order valence-corrected chi connectivity index (χ3v) is 16.0. The maximum Gasteiger partial charge on any atom is 0.0700 e. The molecule has 0 heterocycles. The van der Waals surface area contributed by atoms with Crippen molar-refractivity contribution in [2.24, 2.45) is 0 Å². The lowest BCUT2D eigenvalue weighted by Gasteiger charge is -2.01. The Morgan fingerprint density at radius 1 is 0.273 bits per heavy atom. The first-order valence-electron chi connectivity index (χ1n) is 24.8. The summed E-state index contributed by atoms with van der Waals surface area (Å²) >= 11 is 83.0. The molecular weight excluding hydrogens is 1350 g/mol. The Morgan fingerprint density at radius 2 is 0.597 bits per heavy atom. The number of rotatable bonds is 27. The van der Waals surface area contributed by atoms with Gasteiger partial charge in [0.25, 0.3) is 0 Å². The second-order valence-electron chi connectivity index (χ2n) is 14.5. The first kappa shape index (κ1) is 92.3. The van der Waals surface area contributed by atoms with E-state index in [2.05, 4.69) is 307 Å². The van der Waals surface area contributed by atoms with E-state index in [0.29, 0.717) is 26.4 Å². The Morgan fingerprint density at radius 3 is 0.844 bits per heavy atom. The van der Waals surface area contributed by atoms with E-state index in [9.17, 15) is 0 Å². The van der Waals surface area contributed by atoms with Gasteiger partial charge in [-0.15, -0.1) is 25.3 Å². The van der Waals surface area contributed by atoms with Gasteiger partial charge >= 0.3 is 0 Å². The van der Waals surface area contributed by atoms with Gasteiger partial charge in [0.1, 0.15) is 0 Å². The molecule has 4 rings (SSSR count). The average molecular weight is 1450 g/mol. The number of ether oxygens (including phenoxy) is 2. The van der Waals surface area contributed by atoms with Crippen molar-refractivity contribution < 1.29 is 9.47 Å². The first-order chi connectivity index (χ1) is 37.4. The smallest absolute Gasteiger partial charge is 0.0700 e. The van der Waals surface area contributed by atoms with Crippen LogP contribution in [0.5, 0.6) is 0 Å². The van der Waals surface area contributed by atoms with Crippen LogP contribution in [0.15, 0.2) is 107 Å². The van der Waals surface area contributed by atoms with Crippen molar-refractivity contribution in [1.29, 1.82) is 0 Å². The number of benzene rings is 4. The molecule has 0 atom stereocenters. The fourth-order valence-electron chi connectivity index (χ4n) is 4.27. The van der Waals surface area contributed by atoms with Crippen molar-refractivity contribution in [3.63, 3.8) is 0 Å². The Balaban J connectivity index is -0.000000184. The van der Waals surface area contributed by atoms with E-state index in [1.54, 1.807) is 0 Å². The quantitative estimate of drug-likeness (QED) is 0.0216. The summed E-state index contributed by atoms with van der Waals surface area (Å²) in [5.74, 6) is 18.4. The molecule has 77 heavy (non-hydrogen) atoms. The molecule has 4 aromatic rings. The van der Waals surface area contributed by atoms with Gasteiger partial charge < -0.3 is 9.47 Å². The van der Waals surface area contributed by atoms with Gasteiger partial charge in [0.05, 0.1) is 26.4 Å². The molecule has 0 fully saturated rings.